The van der Waals surface area contributed by atoms with Gasteiger partial charge in [0.15, 0.2) is 0 Å². The van der Waals surface area contributed by atoms with Crippen molar-refractivity contribution in [2.75, 3.05) is 0 Å². The number of hydrogen-bond acceptors (Lipinski definition) is 2. The third-order valence-electron chi connectivity index (χ3n) is 5.29. The van der Waals surface area contributed by atoms with Crippen molar-refractivity contribution in [1.29, 1.82) is 0 Å². The summed E-state index contributed by atoms with van der Waals surface area (Å²) in [6, 6.07) is 6.62. The molecule has 0 unspecified atom stereocenters. The van der Waals surface area contributed by atoms with E-state index < -0.39 is 5.41 Å². The smallest absolute Gasteiger partial charge is 0.230 e. The second kappa shape index (κ2) is 5.48. The Balaban J connectivity index is 1.52. The Morgan fingerprint density at radius 1 is 1.39 bits per heavy atom. The van der Waals surface area contributed by atoms with Crippen LogP contribution < -0.4 is 5.32 Å². The number of amides is 1. The lowest BCUT2D eigenvalue weighted by Crippen LogP contribution is -2.53. The third-order valence-corrected chi connectivity index (χ3v) is 5.29. The molecule has 2 aromatic rings. The van der Waals surface area contributed by atoms with Crippen LogP contribution >= 0.6 is 0 Å². The monoisotopic (exact) mass is 313 g/mol. The molecule has 1 atom stereocenters. The van der Waals surface area contributed by atoms with Crippen molar-refractivity contribution in [3.8, 4) is 0 Å². The van der Waals surface area contributed by atoms with Crippen LogP contribution in [0, 0.1) is 5.82 Å². The number of benzene rings is 1. The summed E-state index contributed by atoms with van der Waals surface area (Å²) in [6.45, 7) is 0.764. The molecule has 1 saturated carbocycles. The summed E-state index contributed by atoms with van der Waals surface area (Å²) in [5.74, 6) is 0.851. The lowest BCUT2D eigenvalue weighted by Gasteiger charge is -2.42. The third kappa shape index (κ3) is 2.44. The van der Waals surface area contributed by atoms with Crippen LogP contribution in [0.5, 0.6) is 0 Å². The van der Waals surface area contributed by atoms with Crippen LogP contribution in [0.15, 0.2) is 36.7 Å². The minimum absolute atomic E-state index is 0.0444. The van der Waals surface area contributed by atoms with Gasteiger partial charge in [0.2, 0.25) is 5.91 Å². The number of rotatable bonds is 3. The second-order valence-electron chi connectivity index (χ2n) is 6.65. The van der Waals surface area contributed by atoms with Crippen molar-refractivity contribution < 1.29 is 9.18 Å². The number of hydrogen-bond donors (Lipinski definition) is 1. The van der Waals surface area contributed by atoms with E-state index in [1.54, 1.807) is 12.3 Å². The second-order valence-corrected chi connectivity index (χ2v) is 6.65. The van der Waals surface area contributed by atoms with Gasteiger partial charge in [-0.05, 0) is 37.0 Å². The summed E-state index contributed by atoms with van der Waals surface area (Å²) in [4.78, 5) is 17.2. The normalized spacial score (nSPS) is 22.0. The van der Waals surface area contributed by atoms with Gasteiger partial charge < -0.3 is 9.88 Å². The summed E-state index contributed by atoms with van der Waals surface area (Å²) in [6.07, 6.45) is 8.16. The van der Waals surface area contributed by atoms with Gasteiger partial charge in [-0.3, -0.25) is 4.79 Å². The van der Waals surface area contributed by atoms with Gasteiger partial charge in [-0.1, -0.05) is 18.6 Å². The molecule has 4 nitrogen and oxygen atoms in total. The van der Waals surface area contributed by atoms with Gasteiger partial charge in [-0.2, -0.15) is 0 Å². The maximum absolute atomic E-state index is 13.6. The fourth-order valence-corrected chi connectivity index (χ4v) is 3.77. The van der Waals surface area contributed by atoms with E-state index in [9.17, 15) is 9.18 Å². The number of nitrogens with zero attached hydrogens (tertiary/aromatic N) is 2. The molecule has 1 N–H and O–H groups in total. The van der Waals surface area contributed by atoms with E-state index in [0.717, 1.165) is 50.0 Å². The molecular formula is C18H20FN3O. The molecule has 1 aromatic heterocycles. The lowest BCUT2D eigenvalue weighted by molar-refractivity contribution is -0.130. The van der Waals surface area contributed by atoms with Gasteiger partial charge in [0, 0.05) is 31.4 Å². The molecule has 0 spiro atoms. The quantitative estimate of drug-likeness (QED) is 0.947. The predicted molar refractivity (Wildman–Crippen MR) is 84.4 cm³/mol. The van der Waals surface area contributed by atoms with Crippen molar-refractivity contribution >= 4 is 5.91 Å². The van der Waals surface area contributed by atoms with Crippen molar-refractivity contribution in [1.82, 2.24) is 14.9 Å². The van der Waals surface area contributed by atoms with Gasteiger partial charge >= 0.3 is 0 Å². The highest BCUT2D eigenvalue weighted by molar-refractivity contribution is 5.89. The van der Waals surface area contributed by atoms with E-state index in [0.29, 0.717) is 0 Å². The van der Waals surface area contributed by atoms with E-state index in [2.05, 4.69) is 14.9 Å². The first-order valence-corrected chi connectivity index (χ1v) is 8.24. The molecule has 1 amide bonds. The van der Waals surface area contributed by atoms with Crippen LogP contribution in [0.25, 0.3) is 0 Å². The molecule has 1 aliphatic carbocycles. The van der Waals surface area contributed by atoms with Gasteiger partial charge in [-0.15, -0.1) is 0 Å². The minimum atomic E-state index is -0.544. The Bertz CT molecular complexity index is 735. The Labute approximate surface area is 134 Å². The maximum Gasteiger partial charge on any atom is 0.230 e. The number of fused-ring (bicyclic) bond motifs is 1. The van der Waals surface area contributed by atoms with E-state index in [4.69, 9.17) is 0 Å². The molecule has 1 fully saturated rings. The van der Waals surface area contributed by atoms with Gasteiger partial charge in [0.1, 0.15) is 11.6 Å². The van der Waals surface area contributed by atoms with Crippen molar-refractivity contribution in [3.05, 3.63) is 53.9 Å². The Kier molecular flexibility index (Phi) is 3.43. The largest absolute Gasteiger partial charge is 0.351 e. The van der Waals surface area contributed by atoms with E-state index in [1.807, 2.05) is 12.3 Å². The summed E-state index contributed by atoms with van der Waals surface area (Å²) < 4.78 is 15.7. The molecule has 1 aromatic carbocycles. The first-order valence-electron chi connectivity index (χ1n) is 8.24. The number of halogens is 1. The Morgan fingerprint density at radius 3 is 3.00 bits per heavy atom. The molecule has 0 radical (unpaired) electrons. The van der Waals surface area contributed by atoms with Crippen LogP contribution in [0.4, 0.5) is 4.39 Å². The van der Waals surface area contributed by atoms with Crippen LogP contribution in [0.1, 0.15) is 37.1 Å². The average molecular weight is 313 g/mol. The maximum atomic E-state index is 13.6. The fraction of sp³-hybridized carbons (Fsp3) is 0.444. The van der Waals surface area contributed by atoms with Gasteiger partial charge in [0.05, 0.1) is 5.41 Å². The first-order chi connectivity index (χ1) is 11.2. The Morgan fingerprint density at radius 2 is 2.26 bits per heavy atom. The molecule has 1 aliphatic heterocycles. The van der Waals surface area contributed by atoms with Crippen LogP contribution in [-0.4, -0.2) is 21.5 Å². The predicted octanol–water partition coefficient (Wildman–Crippen LogP) is 2.58. The topological polar surface area (TPSA) is 46.9 Å². The summed E-state index contributed by atoms with van der Waals surface area (Å²) in [5, 5.41) is 3.20. The Hall–Kier alpha value is -2.17. The van der Waals surface area contributed by atoms with E-state index in [1.165, 1.54) is 12.1 Å². The molecular weight excluding hydrogens is 293 g/mol. The first kappa shape index (κ1) is 14.4. The standard InChI is InChI=1S/C18H20FN3O/c19-14-4-1-3-13(11-14)18(7-2-8-18)17(23)21-15-5-6-16-20-9-10-22(16)12-15/h1,3-4,9-11,15H,2,5-8,12H2,(H,21,23)/t15-/m1/s1. The zero-order valence-electron chi connectivity index (χ0n) is 13.0. The molecule has 4 rings (SSSR count). The number of aromatic nitrogens is 2. The highest BCUT2D eigenvalue weighted by Crippen LogP contribution is 2.44. The van der Waals surface area contributed by atoms with E-state index >= 15 is 0 Å². The lowest BCUT2D eigenvalue weighted by atomic mass is 9.63. The summed E-state index contributed by atoms with van der Waals surface area (Å²) in [7, 11) is 0. The zero-order chi connectivity index (χ0) is 15.9. The molecule has 2 heterocycles. The number of imidazole rings is 1. The molecule has 23 heavy (non-hydrogen) atoms. The molecule has 120 valence electrons. The number of aryl methyl sites for hydroxylation is 1. The van der Waals surface area contributed by atoms with Crippen molar-refractivity contribution in [2.45, 2.75) is 50.1 Å². The molecule has 5 heteroatoms. The molecule has 0 saturated heterocycles. The van der Waals surface area contributed by atoms with Gasteiger partial charge in [-0.25, -0.2) is 9.37 Å². The molecule has 0 bridgehead atoms. The SMILES string of the molecule is O=C(N[C@@H]1CCc2nccn2C1)C1(c2cccc(F)c2)CCC1. The summed E-state index contributed by atoms with van der Waals surface area (Å²) in [5.41, 5.74) is 0.262. The van der Waals surface area contributed by atoms with Gasteiger partial charge in [0.25, 0.3) is 0 Å². The average Bonchev–Trinajstić information content (AvgIpc) is 2.93. The zero-order valence-corrected chi connectivity index (χ0v) is 13.0. The van der Waals surface area contributed by atoms with E-state index in [-0.39, 0.29) is 17.8 Å². The van der Waals surface area contributed by atoms with Crippen molar-refractivity contribution in [3.63, 3.8) is 0 Å². The number of carbonyl (C=O) groups is 1. The summed E-state index contributed by atoms with van der Waals surface area (Å²) >= 11 is 0. The number of nitrogens with one attached hydrogen (secondary N) is 1. The minimum Gasteiger partial charge on any atom is -0.351 e. The van der Waals surface area contributed by atoms with Crippen LogP contribution in [-0.2, 0) is 23.2 Å². The van der Waals surface area contributed by atoms with Crippen LogP contribution in [0.3, 0.4) is 0 Å². The molecule has 2 aliphatic rings. The fourth-order valence-electron chi connectivity index (χ4n) is 3.77. The highest BCUT2D eigenvalue weighted by atomic mass is 19.1. The van der Waals surface area contributed by atoms with Crippen molar-refractivity contribution in [2.24, 2.45) is 0 Å². The number of carbonyl (C=O) groups excluding carboxylic acids is 1. The highest BCUT2D eigenvalue weighted by Gasteiger charge is 2.46. The van der Waals surface area contributed by atoms with Crippen LogP contribution in [0.2, 0.25) is 0 Å².